The maximum Gasteiger partial charge on any atom is 0.260 e. The van der Waals surface area contributed by atoms with Crippen LogP contribution in [0.2, 0.25) is 0 Å². The Morgan fingerprint density at radius 3 is 2.97 bits per heavy atom. The van der Waals surface area contributed by atoms with E-state index in [1.54, 1.807) is 6.07 Å². The van der Waals surface area contributed by atoms with Crippen molar-refractivity contribution in [2.75, 3.05) is 25.0 Å². The van der Waals surface area contributed by atoms with Crippen LogP contribution < -0.4 is 5.32 Å². The minimum absolute atomic E-state index is 0.239. The molecule has 1 atom stereocenters. The predicted octanol–water partition coefficient (Wildman–Crippen LogP) is 4.45. The van der Waals surface area contributed by atoms with Gasteiger partial charge in [0.15, 0.2) is 0 Å². The zero-order valence-electron chi connectivity index (χ0n) is 16.6. The van der Waals surface area contributed by atoms with E-state index in [0.29, 0.717) is 29.2 Å². The molecular weight excluding hydrogens is 367 g/mol. The first-order valence-electron chi connectivity index (χ1n) is 10.4. The number of anilines is 1. The van der Waals surface area contributed by atoms with Crippen LogP contribution in [0.4, 0.5) is 10.1 Å². The number of carbonyl (C=O) groups excluding carboxylic acids is 1. The van der Waals surface area contributed by atoms with Gasteiger partial charge in [-0.2, -0.15) is 0 Å². The zero-order chi connectivity index (χ0) is 20.0. The second kappa shape index (κ2) is 7.30. The zero-order valence-corrected chi connectivity index (χ0v) is 16.6. The molecule has 5 rings (SSSR count). The number of fused-ring (bicyclic) bond motifs is 2. The molecule has 0 aliphatic carbocycles. The summed E-state index contributed by atoms with van der Waals surface area (Å²) in [4.78, 5) is 15.1. The number of likely N-dealkylation sites (tertiary alicyclic amines) is 1. The monoisotopic (exact) mass is 392 g/mol. The van der Waals surface area contributed by atoms with Gasteiger partial charge in [0.2, 0.25) is 0 Å². The molecule has 4 nitrogen and oxygen atoms in total. The Balaban J connectivity index is 1.40. The number of halogens is 1. The fraction of sp³-hybridized carbons (Fsp3) is 0.375. The van der Waals surface area contributed by atoms with Crippen molar-refractivity contribution in [3.8, 4) is 0 Å². The minimum Gasteiger partial charge on any atom is -0.487 e. The highest BCUT2D eigenvalue weighted by Gasteiger charge is 2.32. The summed E-state index contributed by atoms with van der Waals surface area (Å²) in [6.07, 6.45) is 3.64. The summed E-state index contributed by atoms with van der Waals surface area (Å²) in [7, 11) is 0. The molecule has 0 spiro atoms. The molecule has 0 aromatic heterocycles. The molecular formula is C24H25FN2O2. The highest BCUT2D eigenvalue weighted by molar-refractivity contribution is 6.36. The topological polar surface area (TPSA) is 41.6 Å². The van der Waals surface area contributed by atoms with Gasteiger partial charge in [-0.25, -0.2) is 4.39 Å². The Hall–Kier alpha value is -2.66. The first-order valence-corrected chi connectivity index (χ1v) is 10.4. The maximum atomic E-state index is 13.8. The molecule has 0 radical (unpaired) electrons. The van der Waals surface area contributed by atoms with Crippen LogP contribution in [0.3, 0.4) is 0 Å². The molecule has 1 unspecified atom stereocenters. The number of hydrogen-bond donors (Lipinski definition) is 1. The number of hydrogen-bond acceptors (Lipinski definition) is 3. The van der Waals surface area contributed by atoms with Crippen molar-refractivity contribution in [1.29, 1.82) is 0 Å². The molecule has 1 amide bonds. The van der Waals surface area contributed by atoms with Crippen LogP contribution in [-0.4, -0.2) is 30.4 Å². The normalized spacial score (nSPS) is 23.5. The molecule has 2 aromatic rings. The number of nitrogens with zero attached hydrogens (tertiary/aromatic N) is 1. The molecule has 0 bridgehead atoms. The first-order chi connectivity index (χ1) is 14.1. The van der Waals surface area contributed by atoms with E-state index in [-0.39, 0.29) is 11.7 Å². The highest BCUT2D eigenvalue weighted by atomic mass is 19.1. The number of amides is 1. The Labute approximate surface area is 170 Å². The largest absolute Gasteiger partial charge is 0.487 e. The summed E-state index contributed by atoms with van der Waals surface area (Å²) in [5.41, 5.74) is 4.94. The van der Waals surface area contributed by atoms with Crippen LogP contribution in [0.1, 0.15) is 42.0 Å². The van der Waals surface area contributed by atoms with Gasteiger partial charge in [0.05, 0.1) is 5.57 Å². The lowest BCUT2D eigenvalue weighted by atomic mass is 9.97. The second-order valence-corrected chi connectivity index (χ2v) is 8.43. The van der Waals surface area contributed by atoms with Crippen molar-refractivity contribution in [2.45, 2.75) is 32.8 Å². The van der Waals surface area contributed by atoms with Gasteiger partial charge in [-0.15, -0.1) is 0 Å². The smallest absolute Gasteiger partial charge is 0.260 e. The SMILES string of the molecule is CC1CCCN(CCc2ccc3c(c2)COC3=C2C(=O)Nc3ccc(F)cc32)C1. The van der Waals surface area contributed by atoms with E-state index in [0.717, 1.165) is 30.0 Å². The standard InChI is InChI=1S/C24H25FN2O2/c1-15-3-2-9-27(13-15)10-8-16-4-6-19-17(11-16)14-29-23(19)22-20-12-18(25)5-7-21(20)26-24(22)28/h4-7,11-12,15H,2-3,8-10,13-14H2,1H3,(H,26,28). The third kappa shape index (κ3) is 3.44. The predicted molar refractivity (Wildman–Crippen MR) is 112 cm³/mol. The Morgan fingerprint density at radius 1 is 1.21 bits per heavy atom. The third-order valence-electron chi connectivity index (χ3n) is 6.20. The molecule has 1 N–H and O–H groups in total. The number of nitrogens with one attached hydrogen (secondary N) is 1. The number of rotatable bonds is 3. The highest BCUT2D eigenvalue weighted by Crippen LogP contribution is 2.42. The molecule has 5 heteroatoms. The summed E-state index contributed by atoms with van der Waals surface area (Å²) in [5, 5.41) is 2.80. The molecule has 3 aliphatic heterocycles. The summed E-state index contributed by atoms with van der Waals surface area (Å²) in [6, 6.07) is 10.7. The minimum atomic E-state index is -0.362. The Morgan fingerprint density at radius 2 is 2.10 bits per heavy atom. The number of piperidine rings is 1. The molecule has 2 aromatic carbocycles. The van der Waals surface area contributed by atoms with Gasteiger partial charge in [0.1, 0.15) is 18.2 Å². The average Bonchev–Trinajstić information content (AvgIpc) is 3.25. The summed E-state index contributed by atoms with van der Waals surface area (Å²) < 4.78 is 19.7. The molecule has 150 valence electrons. The van der Waals surface area contributed by atoms with Crippen LogP contribution in [-0.2, 0) is 22.6 Å². The fourth-order valence-corrected chi connectivity index (χ4v) is 4.72. The molecule has 0 saturated carbocycles. The first kappa shape index (κ1) is 18.4. The maximum absolute atomic E-state index is 13.8. The van der Waals surface area contributed by atoms with Crippen LogP contribution in [0.15, 0.2) is 36.4 Å². The lowest BCUT2D eigenvalue weighted by Crippen LogP contribution is -2.35. The van der Waals surface area contributed by atoms with Gasteiger partial charge < -0.3 is 15.0 Å². The summed E-state index contributed by atoms with van der Waals surface area (Å²) in [5.74, 6) is 0.741. The second-order valence-electron chi connectivity index (χ2n) is 8.43. The van der Waals surface area contributed by atoms with Crippen molar-refractivity contribution in [1.82, 2.24) is 4.90 Å². The molecule has 1 fully saturated rings. The van der Waals surface area contributed by atoms with Crippen molar-refractivity contribution < 1.29 is 13.9 Å². The molecule has 1 saturated heterocycles. The van der Waals surface area contributed by atoms with Gasteiger partial charge in [0, 0.05) is 35.5 Å². The summed E-state index contributed by atoms with van der Waals surface area (Å²) in [6.45, 7) is 6.24. The van der Waals surface area contributed by atoms with E-state index in [1.807, 2.05) is 6.07 Å². The quantitative estimate of drug-likeness (QED) is 0.785. The fourth-order valence-electron chi connectivity index (χ4n) is 4.72. The van der Waals surface area contributed by atoms with Gasteiger partial charge in [-0.3, -0.25) is 4.79 Å². The van der Waals surface area contributed by atoms with Gasteiger partial charge in [-0.1, -0.05) is 25.1 Å². The van der Waals surface area contributed by atoms with Gasteiger partial charge in [-0.05, 0) is 55.5 Å². The van der Waals surface area contributed by atoms with E-state index < -0.39 is 0 Å². The van der Waals surface area contributed by atoms with Crippen LogP contribution in [0.5, 0.6) is 0 Å². The third-order valence-corrected chi connectivity index (χ3v) is 6.20. The molecule has 29 heavy (non-hydrogen) atoms. The van der Waals surface area contributed by atoms with E-state index in [9.17, 15) is 9.18 Å². The Kier molecular flexibility index (Phi) is 4.63. The average molecular weight is 392 g/mol. The van der Waals surface area contributed by atoms with E-state index in [2.05, 4.69) is 29.3 Å². The van der Waals surface area contributed by atoms with Crippen molar-refractivity contribution in [3.05, 3.63) is 64.5 Å². The van der Waals surface area contributed by atoms with Gasteiger partial charge >= 0.3 is 0 Å². The van der Waals surface area contributed by atoms with Crippen molar-refractivity contribution >= 4 is 22.9 Å². The number of carbonyl (C=O) groups is 1. The van der Waals surface area contributed by atoms with E-state index in [1.165, 1.54) is 43.6 Å². The lowest BCUT2D eigenvalue weighted by molar-refractivity contribution is -0.110. The van der Waals surface area contributed by atoms with Crippen LogP contribution in [0.25, 0.3) is 11.3 Å². The van der Waals surface area contributed by atoms with Gasteiger partial charge in [0.25, 0.3) is 5.91 Å². The molecule has 3 heterocycles. The summed E-state index contributed by atoms with van der Waals surface area (Å²) >= 11 is 0. The Bertz CT molecular complexity index is 1010. The molecule has 3 aliphatic rings. The lowest BCUT2D eigenvalue weighted by Gasteiger charge is -2.30. The van der Waals surface area contributed by atoms with Crippen molar-refractivity contribution in [2.24, 2.45) is 5.92 Å². The van der Waals surface area contributed by atoms with E-state index in [4.69, 9.17) is 4.74 Å². The number of benzene rings is 2. The van der Waals surface area contributed by atoms with Crippen LogP contribution >= 0.6 is 0 Å². The number of ether oxygens (including phenoxy) is 1. The van der Waals surface area contributed by atoms with Crippen molar-refractivity contribution in [3.63, 3.8) is 0 Å². The van der Waals surface area contributed by atoms with Crippen LogP contribution in [0, 0.1) is 11.7 Å². The van der Waals surface area contributed by atoms with E-state index >= 15 is 0 Å².